The van der Waals surface area contributed by atoms with Crippen LogP contribution in [0, 0.1) is 20.8 Å². The summed E-state index contributed by atoms with van der Waals surface area (Å²) in [5.41, 5.74) is 2.96. The molecule has 0 aliphatic carbocycles. The molecular weight excluding hydrogens is 396 g/mol. The van der Waals surface area contributed by atoms with Gasteiger partial charge >= 0.3 is 5.97 Å². The smallest absolute Gasteiger partial charge is 0.341 e. The van der Waals surface area contributed by atoms with Crippen molar-refractivity contribution in [3.63, 3.8) is 0 Å². The number of carbonyl (C=O) groups excluding carboxylic acids is 3. The number of carbonyl (C=O) groups is 3. The number of rotatable bonds is 7. The molecule has 0 saturated carbocycles. The van der Waals surface area contributed by atoms with E-state index in [0.29, 0.717) is 15.4 Å². The number of nitrogens with one attached hydrogen (secondary N) is 2. The molecular formula is C20H24N2O4S2. The zero-order valence-electron chi connectivity index (χ0n) is 16.6. The number of thiophene rings is 1. The molecule has 2 rings (SSSR count). The molecule has 0 spiro atoms. The average Bonchev–Trinajstić information content (AvgIpc) is 2.98. The highest BCUT2D eigenvalue weighted by Gasteiger charge is 2.26. The van der Waals surface area contributed by atoms with Gasteiger partial charge in [-0.05, 0) is 44.9 Å². The Morgan fingerprint density at radius 2 is 1.89 bits per heavy atom. The van der Waals surface area contributed by atoms with E-state index in [1.807, 2.05) is 32.0 Å². The summed E-state index contributed by atoms with van der Waals surface area (Å²) in [5.74, 6) is -0.915. The Hall–Kier alpha value is -2.32. The number of thioether (sulfide) groups is 1. The molecule has 150 valence electrons. The number of hydrogen-bond acceptors (Lipinski definition) is 6. The largest absolute Gasteiger partial charge is 0.462 e. The van der Waals surface area contributed by atoms with E-state index in [4.69, 9.17) is 4.74 Å². The van der Waals surface area contributed by atoms with Crippen LogP contribution in [0.2, 0.25) is 0 Å². The Bertz CT molecular complexity index is 906. The van der Waals surface area contributed by atoms with Gasteiger partial charge in [-0.15, -0.1) is 23.1 Å². The summed E-state index contributed by atoms with van der Waals surface area (Å²) in [6.45, 7) is 7.59. The van der Waals surface area contributed by atoms with Crippen molar-refractivity contribution in [1.29, 1.82) is 0 Å². The minimum absolute atomic E-state index is 0.193. The van der Waals surface area contributed by atoms with Gasteiger partial charge in [0.05, 0.1) is 22.8 Å². The lowest BCUT2D eigenvalue weighted by Crippen LogP contribution is -2.18. The van der Waals surface area contributed by atoms with Gasteiger partial charge in [0.2, 0.25) is 5.91 Å². The number of hydrogen-bond donors (Lipinski definition) is 2. The lowest BCUT2D eigenvalue weighted by atomic mass is 10.1. The van der Waals surface area contributed by atoms with E-state index in [1.54, 1.807) is 13.8 Å². The van der Waals surface area contributed by atoms with Crippen molar-refractivity contribution < 1.29 is 19.1 Å². The molecule has 28 heavy (non-hydrogen) atoms. The zero-order chi connectivity index (χ0) is 20.8. The fourth-order valence-corrected chi connectivity index (χ4v) is 4.63. The van der Waals surface area contributed by atoms with Crippen molar-refractivity contribution in [3.05, 3.63) is 45.3 Å². The Balaban J connectivity index is 2.21. The third-order valence-corrected chi connectivity index (χ3v) is 6.38. The van der Waals surface area contributed by atoms with Gasteiger partial charge < -0.3 is 15.4 Å². The summed E-state index contributed by atoms with van der Waals surface area (Å²) in [5, 5.41) is 5.65. The minimum atomic E-state index is -0.552. The molecule has 1 aromatic carbocycles. The van der Waals surface area contributed by atoms with Crippen molar-refractivity contribution in [2.24, 2.45) is 0 Å². The maximum Gasteiger partial charge on any atom is 0.341 e. The van der Waals surface area contributed by atoms with Crippen molar-refractivity contribution >= 4 is 45.9 Å². The van der Waals surface area contributed by atoms with Crippen molar-refractivity contribution in [2.45, 2.75) is 32.6 Å². The summed E-state index contributed by atoms with van der Waals surface area (Å²) in [4.78, 5) is 38.3. The highest BCUT2D eigenvalue weighted by atomic mass is 32.2. The monoisotopic (exact) mass is 420 g/mol. The van der Waals surface area contributed by atoms with Gasteiger partial charge in [0.1, 0.15) is 5.00 Å². The van der Waals surface area contributed by atoms with Crippen molar-refractivity contribution in [3.8, 4) is 0 Å². The quantitative estimate of drug-likeness (QED) is 0.524. The lowest BCUT2D eigenvalue weighted by molar-refractivity contribution is -0.113. The summed E-state index contributed by atoms with van der Waals surface area (Å²) >= 11 is 2.51. The molecule has 6 nitrogen and oxygen atoms in total. The van der Waals surface area contributed by atoms with Crippen LogP contribution in [0.15, 0.2) is 23.1 Å². The Kier molecular flexibility index (Phi) is 7.65. The van der Waals surface area contributed by atoms with Gasteiger partial charge in [0.15, 0.2) is 0 Å². The molecule has 0 aliphatic heterocycles. The molecule has 1 aromatic heterocycles. The fourth-order valence-electron chi connectivity index (χ4n) is 2.55. The van der Waals surface area contributed by atoms with Gasteiger partial charge in [-0.3, -0.25) is 9.59 Å². The molecule has 0 saturated heterocycles. The van der Waals surface area contributed by atoms with E-state index in [9.17, 15) is 14.4 Å². The molecule has 2 amide bonds. The standard InChI is InChI=1S/C20H24N2O4S2/c1-6-26-20(25)16-13(4)17(18(24)21-5)28-19(16)22-15(23)10-27-14-9-11(2)7-8-12(14)3/h7-9H,6,10H2,1-5H3,(H,21,24)(H,22,23). The first kappa shape index (κ1) is 22.0. The summed E-state index contributed by atoms with van der Waals surface area (Å²) < 4.78 is 5.10. The molecule has 0 unspecified atom stereocenters. The first-order valence-electron chi connectivity index (χ1n) is 8.80. The van der Waals surface area contributed by atoms with E-state index >= 15 is 0 Å². The van der Waals surface area contributed by atoms with Gasteiger partial charge in [-0.25, -0.2) is 4.79 Å². The molecule has 0 bridgehead atoms. The average molecular weight is 421 g/mol. The van der Waals surface area contributed by atoms with Crippen molar-refractivity contribution in [2.75, 3.05) is 24.7 Å². The van der Waals surface area contributed by atoms with Crippen LogP contribution in [0.4, 0.5) is 5.00 Å². The molecule has 1 heterocycles. The SMILES string of the molecule is CCOC(=O)c1c(NC(=O)CSc2cc(C)ccc2C)sc(C(=O)NC)c1C. The van der Waals surface area contributed by atoms with Crippen LogP contribution in [0.5, 0.6) is 0 Å². The molecule has 0 fully saturated rings. The van der Waals surface area contributed by atoms with E-state index < -0.39 is 5.97 Å². The highest BCUT2D eigenvalue weighted by molar-refractivity contribution is 8.00. The van der Waals surface area contributed by atoms with E-state index in [1.165, 1.54) is 18.8 Å². The highest BCUT2D eigenvalue weighted by Crippen LogP contribution is 2.34. The Labute approximate surface area is 173 Å². The number of amides is 2. The maximum atomic E-state index is 12.5. The predicted molar refractivity (Wildman–Crippen MR) is 114 cm³/mol. The Morgan fingerprint density at radius 3 is 2.54 bits per heavy atom. The van der Waals surface area contributed by atoms with Crippen LogP contribution >= 0.6 is 23.1 Å². The number of anilines is 1. The van der Waals surface area contributed by atoms with Crippen LogP contribution in [0.1, 0.15) is 43.6 Å². The van der Waals surface area contributed by atoms with Gasteiger partial charge in [-0.2, -0.15) is 0 Å². The summed E-state index contributed by atoms with van der Waals surface area (Å²) in [6, 6.07) is 6.09. The van der Waals surface area contributed by atoms with Crippen LogP contribution in [-0.2, 0) is 9.53 Å². The molecule has 2 aromatic rings. The Morgan fingerprint density at radius 1 is 1.18 bits per heavy atom. The first-order valence-corrected chi connectivity index (χ1v) is 10.6. The van der Waals surface area contributed by atoms with Gasteiger partial charge in [-0.1, -0.05) is 17.7 Å². The topological polar surface area (TPSA) is 84.5 Å². The second kappa shape index (κ2) is 9.75. The molecule has 0 radical (unpaired) electrons. The van der Waals surface area contributed by atoms with Crippen LogP contribution in [-0.4, -0.2) is 37.2 Å². The number of benzene rings is 1. The first-order chi connectivity index (χ1) is 13.3. The fraction of sp³-hybridized carbons (Fsp3) is 0.350. The number of ether oxygens (including phenoxy) is 1. The van der Waals surface area contributed by atoms with Crippen molar-refractivity contribution in [1.82, 2.24) is 5.32 Å². The maximum absolute atomic E-state index is 12.5. The van der Waals surface area contributed by atoms with E-state index in [2.05, 4.69) is 10.6 Å². The van der Waals surface area contributed by atoms with Crippen LogP contribution in [0.25, 0.3) is 0 Å². The van der Waals surface area contributed by atoms with Crippen LogP contribution < -0.4 is 10.6 Å². The molecule has 2 N–H and O–H groups in total. The predicted octanol–water partition coefficient (Wildman–Crippen LogP) is 3.94. The van der Waals surface area contributed by atoms with Gasteiger partial charge in [0.25, 0.3) is 5.91 Å². The number of aryl methyl sites for hydroxylation is 2. The normalized spacial score (nSPS) is 10.5. The molecule has 8 heteroatoms. The number of esters is 1. The summed E-state index contributed by atoms with van der Waals surface area (Å²) in [6.07, 6.45) is 0. The summed E-state index contributed by atoms with van der Waals surface area (Å²) in [7, 11) is 1.52. The minimum Gasteiger partial charge on any atom is -0.462 e. The van der Waals surface area contributed by atoms with E-state index in [0.717, 1.165) is 27.4 Å². The van der Waals surface area contributed by atoms with E-state index in [-0.39, 0.29) is 29.7 Å². The molecule has 0 atom stereocenters. The lowest BCUT2D eigenvalue weighted by Gasteiger charge is -2.08. The third-order valence-electron chi connectivity index (χ3n) is 4.01. The molecule has 0 aliphatic rings. The third kappa shape index (κ3) is 5.14. The van der Waals surface area contributed by atoms with Crippen LogP contribution in [0.3, 0.4) is 0 Å². The second-order valence-electron chi connectivity index (χ2n) is 6.17. The second-order valence-corrected chi connectivity index (χ2v) is 8.20. The zero-order valence-corrected chi connectivity index (χ0v) is 18.2. The van der Waals surface area contributed by atoms with Gasteiger partial charge in [0, 0.05) is 11.9 Å².